The van der Waals surface area contributed by atoms with Crippen LogP contribution in [0, 0.1) is 5.92 Å². The third-order valence-electron chi connectivity index (χ3n) is 2.60. The van der Waals surface area contributed by atoms with Crippen LogP contribution in [0.5, 0.6) is 0 Å². The molecule has 1 saturated carbocycles. The number of carbonyl (C=O) groups is 1. The Kier molecular flexibility index (Phi) is 5.47. The monoisotopic (exact) mass is 313 g/mol. The minimum Gasteiger partial charge on any atom is -0.344 e. The van der Waals surface area contributed by atoms with Gasteiger partial charge in [-0.25, -0.2) is 0 Å². The van der Waals surface area contributed by atoms with Crippen LogP contribution in [0.25, 0.3) is 0 Å². The van der Waals surface area contributed by atoms with E-state index in [2.05, 4.69) is 27.9 Å². The Bertz CT molecular complexity index is 177. The molecule has 0 spiro atoms. The number of nitrogens with one attached hydrogen (secondary N) is 1. The summed E-state index contributed by atoms with van der Waals surface area (Å²) in [5, 5.41) is 3.22. The molecule has 0 aromatic carbocycles. The van der Waals surface area contributed by atoms with Crippen LogP contribution in [0.2, 0.25) is 0 Å². The average molecular weight is 313 g/mol. The number of alkyl halides is 1. The van der Waals surface area contributed by atoms with Gasteiger partial charge in [-0.05, 0) is 25.0 Å². The van der Waals surface area contributed by atoms with E-state index >= 15 is 0 Å². The molecule has 1 amide bonds. The number of carbonyl (C=O) groups excluding carboxylic acids is 1. The molecule has 2 nitrogen and oxygen atoms in total. The van der Waals surface area contributed by atoms with Gasteiger partial charge in [-0.2, -0.15) is 0 Å². The fourth-order valence-corrected chi connectivity index (χ4v) is 3.12. The Hall–Kier alpha value is 0.550. The van der Waals surface area contributed by atoms with Crippen LogP contribution in [0.4, 0.5) is 4.79 Å². The Balaban J connectivity index is 2.40. The van der Waals surface area contributed by atoms with E-state index in [0.29, 0.717) is 12.0 Å². The van der Waals surface area contributed by atoms with Crippen molar-refractivity contribution in [2.24, 2.45) is 5.92 Å². The SMILES string of the molecule is CSC(=O)N[C@H]1CCCC[C@@H]1CI. The lowest BCUT2D eigenvalue weighted by molar-refractivity contribution is 0.242. The summed E-state index contributed by atoms with van der Waals surface area (Å²) in [6.07, 6.45) is 6.88. The van der Waals surface area contributed by atoms with Crippen molar-refractivity contribution in [3.05, 3.63) is 0 Å². The van der Waals surface area contributed by atoms with E-state index in [4.69, 9.17) is 0 Å². The average Bonchev–Trinajstić information content (AvgIpc) is 2.18. The predicted molar refractivity (Wildman–Crippen MR) is 66.7 cm³/mol. The van der Waals surface area contributed by atoms with Crippen molar-refractivity contribution in [1.29, 1.82) is 0 Å². The van der Waals surface area contributed by atoms with Crippen LogP contribution < -0.4 is 5.32 Å². The summed E-state index contributed by atoms with van der Waals surface area (Å²) in [5.41, 5.74) is 0. The number of rotatable bonds is 2. The summed E-state index contributed by atoms with van der Waals surface area (Å²) in [5.74, 6) is 0.699. The van der Waals surface area contributed by atoms with Gasteiger partial charge in [-0.3, -0.25) is 4.79 Å². The van der Waals surface area contributed by atoms with Crippen LogP contribution in [0.1, 0.15) is 25.7 Å². The molecule has 1 aliphatic carbocycles. The Morgan fingerprint density at radius 2 is 2.23 bits per heavy atom. The molecular formula is C9H16INOS. The molecule has 76 valence electrons. The maximum absolute atomic E-state index is 11.2. The first-order chi connectivity index (χ1) is 6.27. The summed E-state index contributed by atoms with van der Waals surface area (Å²) in [6.45, 7) is 0. The van der Waals surface area contributed by atoms with Gasteiger partial charge in [0.05, 0.1) is 0 Å². The first-order valence-electron chi connectivity index (χ1n) is 4.68. The molecule has 1 aliphatic rings. The lowest BCUT2D eigenvalue weighted by atomic mass is 9.86. The van der Waals surface area contributed by atoms with E-state index in [1.807, 2.05) is 6.26 Å². The molecule has 13 heavy (non-hydrogen) atoms. The van der Waals surface area contributed by atoms with E-state index in [1.165, 1.54) is 37.4 Å². The molecule has 0 saturated heterocycles. The standard InChI is InChI=1S/C9H16INOS/c1-13-9(12)11-8-5-3-2-4-7(8)6-10/h7-8H,2-6H2,1H3,(H,11,12)/t7-,8+/m1/s1. The first-order valence-corrected chi connectivity index (χ1v) is 7.43. The number of thioether (sulfide) groups is 1. The highest BCUT2D eigenvalue weighted by Crippen LogP contribution is 2.26. The molecule has 0 unspecified atom stereocenters. The zero-order chi connectivity index (χ0) is 9.68. The van der Waals surface area contributed by atoms with Gasteiger partial charge < -0.3 is 5.32 Å². The van der Waals surface area contributed by atoms with Crippen LogP contribution >= 0.6 is 34.4 Å². The van der Waals surface area contributed by atoms with E-state index in [0.717, 1.165) is 4.43 Å². The van der Waals surface area contributed by atoms with Crippen LogP contribution in [0.3, 0.4) is 0 Å². The van der Waals surface area contributed by atoms with Gasteiger partial charge >= 0.3 is 0 Å². The molecule has 0 heterocycles. The Labute approximate surface area is 97.7 Å². The lowest BCUT2D eigenvalue weighted by Gasteiger charge is -2.30. The van der Waals surface area contributed by atoms with Crippen molar-refractivity contribution in [1.82, 2.24) is 5.32 Å². The summed E-state index contributed by atoms with van der Waals surface area (Å²) >= 11 is 3.70. The van der Waals surface area contributed by atoms with Crippen molar-refractivity contribution in [2.75, 3.05) is 10.7 Å². The summed E-state index contributed by atoms with van der Waals surface area (Å²) < 4.78 is 1.16. The maximum Gasteiger partial charge on any atom is 0.279 e. The van der Waals surface area contributed by atoms with Crippen LogP contribution in [-0.2, 0) is 0 Å². The molecule has 0 radical (unpaired) electrons. The van der Waals surface area contributed by atoms with Gasteiger partial charge in [0, 0.05) is 10.5 Å². The number of hydrogen-bond acceptors (Lipinski definition) is 2. The van der Waals surface area contributed by atoms with E-state index in [1.54, 1.807) is 0 Å². The molecule has 0 bridgehead atoms. The topological polar surface area (TPSA) is 29.1 Å². The zero-order valence-corrected chi connectivity index (χ0v) is 10.9. The van der Waals surface area contributed by atoms with Crippen LogP contribution in [-0.4, -0.2) is 22.0 Å². The minimum atomic E-state index is 0.127. The second-order valence-electron chi connectivity index (χ2n) is 3.44. The van der Waals surface area contributed by atoms with Crippen molar-refractivity contribution in [2.45, 2.75) is 31.7 Å². The fourth-order valence-electron chi connectivity index (χ4n) is 1.79. The van der Waals surface area contributed by atoms with Gasteiger partial charge in [0.1, 0.15) is 0 Å². The zero-order valence-electron chi connectivity index (χ0n) is 7.88. The summed E-state index contributed by atoms with van der Waals surface area (Å²) in [7, 11) is 0. The minimum absolute atomic E-state index is 0.127. The quantitative estimate of drug-likeness (QED) is 0.627. The summed E-state index contributed by atoms with van der Waals surface area (Å²) in [6, 6.07) is 0.436. The van der Waals surface area contributed by atoms with Gasteiger partial charge in [-0.1, -0.05) is 47.2 Å². The third-order valence-corrected chi connectivity index (χ3v) is 4.22. The number of halogens is 1. The van der Waals surface area contributed by atoms with E-state index in [9.17, 15) is 4.79 Å². The predicted octanol–water partition coefficient (Wildman–Crippen LogP) is 3.05. The van der Waals surface area contributed by atoms with Crippen LogP contribution in [0.15, 0.2) is 0 Å². The number of amides is 1. The Morgan fingerprint density at radius 1 is 1.54 bits per heavy atom. The molecule has 2 atom stereocenters. The van der Waals surface area contributed by atoms with Crippen molar-refractivity contribution >= 4 is 39.6 Å². The molecule has 1 rings (SSSR count). The van der Waals surface area contributed by atoms with E-state index in [-0.39, 0.29) is 5.24 Å². The van der Waals surface area contributed by atoms with Crippen molar-refractivity contribution in [3.8, 4) is 0 Å². The molecular weight excluding hydrogens is 297 g/mol. The normalized spacial score (nSPS) is 28.5. The van der Waals surface area contributed by atoms with Gasteiger partial charge in [-0.15, -0.1) is 0 Å². The third kappa shape index (κ3) is 3.65. The highest BCUT2D eigenvalue weighted by molar-refractivity contribution is 14.1. The maximum atomic E-state index is 11.2. The largest absolute Gasteiger partial charge is 0.344 e. The fraction of sp³-hybridized carbons (Fsp3) is 0.889. The smallest absolute Gasteiger partial charge is 0.279 e. The van der Waals surface area contributed by atoms with Gasteiger partial charge in [0.2, 0.25) is 0 Å². The summed E-state index contributed by atoms with van der Waals surface area (Å²) in [4.78, 5) is 11.2. The second-order valence-corrected chi connectivity index (χ2v) is 5.10. The highest BCUT2D eigenvalue weighted by Gasteiger charge is 2.24. The number of hydrogen-bond donors (Lipinski definition) is 1. The lowest BCUT2D eigenvalue weighted by Crippen LogP contribution is -2.41. The molecule has 4 heteroatoms. The van der Waals surface area contributed by atoms with Crippen molar-refractivity contribution in [3.63, 3.8) is 0 Å². The molecule has 0 aromatic heterocycles. The van der Waals surface area contributed by atoms with E-state index < -0.39 is 0 Å². The molecule has 1 fully saturated rings. The van der Waals surface area contributed by atoms with Gasteiger partial charge in [0.25, 0.3) is 5.24 Å². The highest BCUT2D eigenvalue weighted by atomic mass is 127. The molecule has 0 aromatic rings. The Morgan fingerprint density at radius 3 is 2.85 bits per heavy atom. The van der Waals surface area contributed by atoms with Gasteiger partial charge in [0.15, 0.2) is 0 Å². The van der Waals surface area contributed by atoms with Crippen molar-refractivity contribution < 1.29 is 4.79 Å². The molecule has 0 aliphatic heterocycles. The second kappa shape index (κ2) is 6.11. The molecule has 1 N–H and O–H groups in total. The first kappa shape index (κ1) is 11.6.